The first-order chi connectivity index (χ1) is 7.65. The fraction of sp³-hybridized carbons (Fsp3) is 1.00. The largest absolute Gasteiger partial charge is 0.300 e. The van der Waals surface area contributed by atoms with E-state index in [0.29, 0.717) is 5.41 Å². The quantitative estimate of drug-likeness (QED) is 0.666. The highest BCUT2D eigenvalue weighted by atomic mass is 79.9. The minimum atomic E-state index is 0.596. The molecule has 0 N–H and O–H groups in total. The molecule has 2 rings (SSSR count). The molecule has 0 aromatic rings. The van der Waals surface area contributed by atoms with E-state index in [9.17, 15) is 0 Å². The minimum Gasteiger partial charge on any atom is -0.300 e. The van der Waals surface area contributed by atoms with E-state index < -0.39 is 0 Å². The van der Waals surface area contributed by atoms with Crippen LogP contribution in [0.3, 0.4) is 0 Å². The van der Waals surface area contributed by atoms with Crippen LogP contribution in [0.2, 0.25) is 0 Å². The number of halogens is 1. The van der Waals surface area contributed by atoms with Crippen LogP contribution in [0.5, 0.6) is 0 Å². The zero-order valence-corrected chi connectivity index (χ0v) is 12.4. The second-order valence-electron chi connectivity index (χ2n) is 6.31. The fourth-order valence-corrected chi connectivity index (χ4v) is 3.72. The lowest BCUT2D eigenvalue weighted by molar-refractivity contribution is 0.134. The third-order valence-corrected chi connectivity index (χ3v) is 5.60. The average Bonchev–Trinajstić information content (AvgIpc) is 2.95. The van der Waals surface area contributed by atoms with Crippen LogP contribution < -0.4 is 0 Å². The maximum Gasteiger partial charge on any atom is 0.0100 e. The van der Waals surface area contributed by atoms with E-state index in [4.69, 9.17) is 0 Å². The van der Waals surface area contributed by atoms with E-state index in [0.717, 1.165) is 12.0 Å². The van der Waals surface area contributed by atoms with Gasteiger partial charge in [-0.15, -0.1) is 0 Å². The van der Waals surface area contributed by atoms with Gasteiger partial charge in [0.05, 0.1) is 0 Å². The van der Waals surface area contributed by atoms with Crippen LogP contribution in [-0.4, -0.2) is 29.4 Å². The molecule has 2 heteroatoms. The second-order valence-corrected chi connectivity index (χ2v) is 6.87. The molecule has 2 saturated carbocycles. The Hall–Kier alpha value is 0.440. The number of alkyl halides is 1. The van der Waals surface area contributed by atoms with Gasteiger partial charge in [-0.25, -0.2) is 0 Å². The monoisotopic (exact) mass is 287 g/mol. The van der Waals surface area contributed by atoms with Crippen molar-refractivity contribution in [3.8, 4) is 0 Å². The Morgan fingerprint density at radius 1 is 1.25 bits per heavy atom. The summed E-state index contributed by atoms with van der Waals surface area (Å²) in [5, 5.41) is 1.20. The van der Waals surface area contributed by atoms with Crippen molar-refractivity contribution < 1.29 is 0 Å². The van der Waals surface area contributed by atoms with E-state index in [2.05, 4.69) is 34.7 Å². The van der Waals surface area contributed by atoms with Crippen molar-refractivity contribution in [1.29, 1.82) is 0 Å². The van der Waals surface area contributed by atoms with Gasteiger partial charge in [0.1, 0.15) is 0 Å². The Morgan fingerprint density at radius 3 is 2.31 bits per heavy atom. The molecular formula is C14H26BrN. The standard InChI is InChI=1S/C14H26BrN/c1-12(2)16(9-13-5-6-13)11-14(10-15)7-3-4-8-14/h12-13H,3-11H2,1-2H3. The maximum atomic E-state index is 3.77. The lowest BCUT2D eigenvalue weighted by Gasteiger charge is -2.36. The highest BCUT2D eigenvalue weighted by Gasteiger charge is 2.36. The number of nitrogens with zero attached hydrogens (tertiary/aromatic N) is 1. The molecule has 0 aromatic heterocycles. The third-order valence-electron chi connectivity index (χ3n) is 4.41. The van der Waals surface area contributed by atoms with E-state index in [1.165, 1.54) is 56.9 Å². The SMILES string of the molecule is CC(C)N(CC1CC1)CC1(CBr)CCCC1. The molecule has 1 nitrogen and oxygen atoms in total. The maximum absolute atomic E-state index is 3.77. The van der Waals surface area contributed by atoms with Gasteiger partial charge in [0.15, 0.2) is 0 Å². The molecule has 0 spiro atoms. The Balaban J connectivity index is 1.91. The van der Waals surface area contributed by atoms with Gasteiger partial charge in [-0.05, 0) is 50.9 Å². The van der Waals surface area contributed by atoms with Crippen molar-refractivity contribution in [2.75, 3.05) is 18.4 Å². The summed E-state index contributed by atoms with van der Waals surface area (Å²) in [6.07, 6.45) is 8.72. The van der Waals surface area contributed by atoms with Gasteiger partial charge in [-0.1, -0.05) is 28.8 Å². The molecule has 0 bridgehead atoms. The predicted molar refractivity (Wildman–Crippen MR) is 74.1 cm³/mol. The highest BCUT2D eigenvalue weighted by Crippen LogP contribution is 2.41. The summed E-state index contributed by atoms with van der Waals surface area (Å²) in [6, 6.07) is 0.720. The van der Waals surface area contributed by atoms with Gasteiger partial charge < -0.3 is 4.90 Å². The lowest BCUT2D eigenvalue weighted by atomic mass is 9.87. The van der Waals surface area contributed by atoms with Crippen LogP contribution in [0.4, 0.5) is 0 Å². The predicted octanol–water partition coefficient (Wildman–Crippen LogP) is 4.06. The van der Waals surface area contributed by atoms with Gasteiger partial charge >= 0.3 is 0 Å². The topological polar surface area (TPSA) is 3.24 Å². The molecule has 2 fully saturated rings. The summed E-state index contributed by atoms with van der Waals surface area (Å²) < 4.78 is 0. The molecule has 0 atom stereocenters. The third kappa shape index (κ3) is 3.22. The van der Waals surface area contributed by atoms with Gasteiger partial charge in [-0.3, -0.25) is 0 Å². The van der Waals surface area contributed by atoms with Gasteiger partial charge in [0, 0.05) is 24.5 Å². The van der Waals surface area contributed by atoms with Crippen molar-refractivity contribution in [1.82, 2.24) is 4.90 Å². The molecule has 0 heterocycles. The van der Waals surface area contributed by atoms with Crippen LogP contribution in [0.1, 0.15) is 52.4 Å². The summed E-state index contributed by atoms with van der Waals surface area (Å²) in [6.45, 7) is 7.40. The molecule has 0 radical (unpaired) electrons. The summed E-state index contributed by atoms with van der Waals surface area (Å²) in [7, 11) is 0. The second kappa shape index (κ2) is 5.39. The Labute approximate surface area is 109 Å². The van der Waals surface area contributed by atoms with Crippen LogP contribution >= 0.6 is 15.9 Å². The number of rotatable bonds is 6. The summed E-state index contributed by atoms with van der Waals surface area (Å²) in [5.41, 5.74) is 0.596. The fourth-order valence-electron chi connectivity index (χ4n) is 2.98. The summed E-state index contributed by atoms with van der Waals surface area (Å²) >= 11 is 3.77. The van der Waals surface area contributed by atoms with Crippen molar-refractivity contribution in [3.05, 3.63) is 0 Å². The smallest absolute Gasteiger partial charge is 0.0100 e. The molecule has 16 heavy (non-hydrogen) atoms. The molecule has 0 saturated heterocycles. The van der Waals surface area contributed by atoms with Crippen molar-refractivity contribution in [2.45, 2.75) is 58.4 Å². The Bertz CT molecular complexity index is 217. The van der Waals surface area contributed by atoms with Crippen LogP contribution in [0.15, 0.2) is 0 Å². The molecule has 0 unspecified atom stereocenters. The number of hydrogen-bond donors (Lipinski definition) is 0. The van der Waals surface area contributed by atoms with Gasteiger partial charge in [0.2, 0.25) is 0 Å². The zero-order valence-electron chi connectivity index (χ0n) is 10.8. The zero-order chi connectivity index (χ0) is 11.6. The van der Waals surface area contributed by atoms with Crippen LogP contribution in [0, 0.1) is 11.3 Å². The molecule has 2 aliphatic rings. The average molecular weight is 288 g/mol. The van der Waals surface area contributed by atoms with E-state index in [1.807, 2.05) is 0 Å². The molecule has 0 aromatic carbocycles. The Kier molecular flexibility index (Phi) is 4.34. The van der Waals surface area contributed by atoms with Gasteiger partial charge in [0.25, 0.3) is 0 Å². The first-order valence-corrected chi connectivity index (χ1v) is 8.07. The normalized spacial score (nSPS) is 24.6. The minimum absolute atomic E-state index is 0.596. The molecule has 2 aliphatic carbocycles. The van der Waals surface area contributed by atoms with Crippen molar-refractivity contribution in [3.63, 3.8) is 0 Å². The first kappa shape index (κ1) is 12.9. The van der Waals surface area contributed by atoms with Crippen LogP contribution in [0.25, 0.3) is 0 Å². The summed E-state index contributed by atoms with van der Waals surface area (Å²) in [4.78, 5) is 2.74. The van der Waals surface area contributed by atoms with Crippen molar-refractivity contribution >= 4 is 15.9 Å². The number of hydrogen-bond acceptors (Lipinski definition) is 1. The molecule has 0 amide bonds. The van der Waals surface area contributed by atoms with E-state index in [1.54, 1.807) is 0 Å². The first-order valence-electron chi connectivity index (χ1n) is 6.95. The van der Waals surface area contributed by atoms with Crippen molar-refractivity contribution in [2.24, 2.45) is 11.3 Å². The Morgan fingerprint density at radius 2 is 1.88 bits per heavy atom. The highest BCUT2D eigenvalue weighted by molar-refractivity contribution is 9.09. The summed E-state index contributed by atoms with van der Waals surface area (Å²) in [5.74, 6) is 1.02. The van der Waals surface area contributed by atoms with Crippen LogP contribution in [-0.2, 0) is 0 Å². The van der Waals surface area contributed by atoms with E-state index in [-0.39, 0.29) is 0 Å². The lowest BCUT2D eigenvalue weighted by Crippen LogP contribution is -2.42. The van der Waals surface area contributed by atoms with Gasteiger partial charge in [-0.2, -0.15) is 0 Å². The molecular weight excluding hydrogens is 262 g/mol. The van der Waals surface area contributed by atoms with E-state index >= 15 is 0 Å². The molecule has 0 aliphatic heterocycles. The molecule has 94 valence electrons.